The van der Waals surface area contributed by atoms with Crippen molar-refractivity contribution in [2.75, 3.05) is 26.2 Å². The molecule has 0 aliphatic rings. The summed E-state index contributed by atoms with van der Waals surface area (Å²) >= 11 is 0. The molecule has 0 fully saturated rings. The van der Waals surface area contributed by atoms with Gasteiger partial charge in [0.25, 0.3) is 0 Å². The minimum absolute atomic E-state index is 0.225. The molecule has 204 valence electrons. The topological polar surface area (TPSA) is 115 Å². The molecule has 0 atom stereocenters. The molecule has 0 aliphatic carbocycles. The van der Waals surface area contributed by atoms with E-state index in [0.717, 1.165) is 19.3 Å². The second-order valence-electron chi connectivity index (χ2n) is 10.1. The Morgan fingerprint density at radius 2 is 0.971 bits per heavy atom. The molecule has 0 rings (SSSR count). The van der Waals surface area contributed by atoms with E-state index in [-0.39, 0.29) is 6.54 Å². The van der Waals surface area contributed by atoms with Gasteiger partial charge in [-0.05, 0) is 32.1 Å². The van der Waals surface area contributed by atoms with Crippen molar-refractivity contribution in [2.24, 2.45) is 0 Å². The Bertz CT molecular complexity index is 549. The molecule has 0 aromatic heterocycles. The van der Waals surface area contributed by atoms with Gasteiger partial charge in [-0.15, -0.1) is 0 Å². The molecule has 0 aromatic rings. The fraction of sp³-hybridized carbons (Fsp3) is 0.821. The molecule has 0 heterocycles. The second-order valence-corrected chi connectivity index (χ2v) is 10.1. The second kappa shape index (κ2) is 22.6. The lowest BCUT2D eigenvalue weighted by Gasteiger charge is -2.36. The predicted molar refractivity (Wildman–Crippen MR) is 138 cm³/mol. The fourth-order valence-electron chi connectivity index (χ4n) is 4.66. The van der Waals surface area contributed by atoms with Gasteiger partial charge in [0.15, 0.2) is 13.1 Å². The molecular formula is C28H51NO6. The van der Waals surface area contributed by atoms with Crippen LogP contribution < -0.4 is 5.11 Å². The molecule has 2 N–H and O–H groups in total. The van der Waals surface area contributed by atoms with Gasteiger partial charge in [0, 0.05) is 0 Å². The molecular weight excluding hydrogens is 446 g/mol. The van der Waals surface area contributed by atoms with Crippen LogP contribution in [0, 0.1) is 0 Å². The Kier molecular flexibility index (Phi) is 21.3. The monoisotopic (exact) mass is 497 g/mol. The maximum Gasteiger partial charge on any atom is 0.359 e. The average molecular weight is 498 g/mol. The van der Waals surface area contributed by atoms with E-state index < -0.39 is 42.0 Å². The van der Waals surface area contributed by atoms with E-state index in [9.17, 15) is 19.5 Å². The lowest BCUT2D eigenvalue weighted by molar-refractivity contribution is -0.909. The average Bonchev–Trinajstić information content (AvgIpc) is 2.76. The minimum atomic E-state index is -1.42. The zero-order valence-corrected chi connectivity index (χ0v) is 22.2. The first-order chi connectivity index (χ1) is 16.8. The summed E-state index contributed by atoms with van der Waals surface area (Å²) in [5.74, 6) is -3.81. The number of carbonyl (C=O) groups excluding carboxylic acids is 1. The summed E-state index contributed by atoms with van der Waals surface area (Å²) in [6.45, 7) is 0.816. The third kappa shape index (κ3) is 22.3. The van der Waals surface area contributed by atoms with Crippen LogP contribution in [0.3, 0.4) is 0 Å². The predicted octanol–water partition coefficient (Wildman–Crippen LogP) is 5.32. The molecule has 0 saturated carbocycles. The van der Waals surface area contributed by atoms with Gasteiger partial charge in [-0.3, -0.25) is 0 Å². The van der Waals surface area contributed by atoms with E-state index in [0.29, 0.717) is 6.42 Å². The van der Waals surface area contributed by atoms with Gasteiger partial charge in [0.05, 0.1) is 12.5 Å². The first kappa shape index (κ1) is 33.1. The lowest BCUT2D eigenvalue weighted by atomic mass is 10.0. The van der Waals surface area contributed by atoms with E-state index in [1.807, 2.05) is 0 Å². The van der Waals surface area contributed by atoms with Crippen molar-refractivity contribution in [1.82, 2.24) is 0 Å². The van der Waals surface area contributed by atoms with Crippen LogP contribution in [-0.4, -0.2) is 58.8 Å². The number of quaternary nitrogens is 1. The van der Waals surface area contributed by atoms with Crippen molar-refractivity contribution in [3.63, 3.8) is 0 Å². The number of nitrogens with zero attached hydrogens (tertiary/aromatic N) is 1. The highest BCUT2D eigenvalue weighted by Gasteiger charge is 2.33. The first-order valence-corrected chi connectivity index (χ1v) is 13.9. The zero-order chi connectivity index (χ0) is 26.2. The van der Waals surface area contributed by atoms with Crippen LogP contribution in [0.5, 0.6) is 0 Å². The zero-order valence-electron chi connectivity index (χ0n) is 22.2. The fourth-order valence-corrected chi connectivity index (χ4v) is 4.66. The number of unbranched alkanes of at least 4 members (excludes halogenated alkanes) is 16. The maximum atomic E-state index is 11.2. The Morgan fingerprint density at radius 3 is 1.34 bits per heavy atom. The summed E-state index contributed by atoms with van der Waals surface area (Å²) in [6, 6.07) is 0. The molecule has 35 heavy (non-hydrogen) atoms. The van der Waals surface area contributed by atoms with Crippen molar-refractivity contribution >= 4 is 17.9 Å². The van der Waals surface area contributed by atoms with Crippen LogP contribution in [0.2, 0.25) is 0 Å². The smallest absolute Gasteiger partial charge is 0.359 e. The molecule has 7 nitrogen and oxygen atoms in total. The summed E-state index contributed by atoms with van der Waals surface area (Å²) in [4.78, 5) is 33.4. The molecule has 0 aliphatic heterocycles. The standard InChI is InChI=1S/C28H51NO6/c1-2-3-4-5-6-7-8-9-10-11-12-13-14-15-16-17-18-19-20-21-22-29(23-26(30)31,24-27(32)33)25-28(34)35/h4-5H,2-3,6-25H2,1H3,(H2-,30,31,32,33,34,35)/b5-4+. The summed E-state index contributed by atoms with van der Waals surface area (Å²) in [5.41, 5.74) is 0. The third-order valence-electron chi connectivity index (χ3n) is 6.53. The normalized spacial score (nSPS) is 11.8. The molecule has 0 bridgehead atoms. The number of allylic oxidation sites excluding steroid dienone is 2. The summed E-state index contributed by atoms with van der Waals surface area (Å²) in [5, 5.41) is 29.3. The number of aliphatic carboxylic acids is 3. The van der Waals surface area contributed by atoms with E-state index in [2.05, 4.69) is 19.1 Å². The van der Waals surface area contributed by atoms with Crippen molar-refractivity contribution in [3.05, 3.63) is 12.2 Å². The van der Waals surface area contributed by atoms with Crippen LogP contribution in [0.1, 0.15) is 122 Å². The summed E-state index contributed by atoms with van der Waals surface area (Å²) in [6.07, 6.45) is 26.3. The SMILES string of the molecule is CCC/C=C/CCCCCCCCCCCCCCCCC[N+](CC(=O)[O-])(CC(=O)O)CC(=O)O. The number of carboxylic acid groups (broad SMARTS) is 3. The van der Waals surface area contributed by atoms with Crippen LogP contribution in [0.15, 0.2) is 12.2 Å². The highest BCUT2D eigenvalue weighted by molar-refractivity contribution is 5.72. The third-order valence-corrected chi connectivity index (χ3v) is 6.53. The van der Waals surface area contributed by atoms with Crippen molar-refractivity contribution in [2.45, 2.75) is 122 Å². The number of carboxylic acids is 3. The Morgan fingerprint density at radius 1 is 0.600 bits per heavy atom. The van der Waals surface area contributed by atoms with Crippen LogP contribution in [-0.2, 0) is 14.4 Å². The van der Waals surface area contributed by atoms with Crippen LogP contribution >= 0.6 is 0 Å². The number of hydrogen-bond acceptors (Lipinski definition) is 4. The summed E-state index contributed by atoms with van der Waals surface area (Å²) < 4.78 is -0.497. The number of rotatable bonds is 26. The number of hydrogen-bond donors (Lipinski definition) is 2. The molecule has 0 amide bonds. The first-order valence-electron chi connectivity index (χ1n) is 13.9. The van der Waals surface area contributed by atoms with Crippen molar-refractivity contribution < 1.29 is 34.2 Å². The maximum absolute atomic E-state index is 11.2. The largest absolute Gasteiger partial charge is 0.544 e. The molecule has 0 radical (unpaired) electrons. The van der Waals surface area contributed by atoms with Gasteiger partial charge >= 0.3 is 11.9 Å². The van der Waals surface area contributed by atoms with Gasteiger partial charge in [-0.2, -0.15) is 0 Å². The van der Waals surface area contributed by atoms with Gasteiger partial charge in [0.2, 0.25) is 0 Å². The Hall–Kier alpha value is -1.89. The molecule has 0 spiro atoms. The Balaban J connectivity index is 3.68. The minimum Gasteiger partial charge on any atom is -0.544 e. The van der Waals surface area contributed by atoms with Gasteiger partial charge in [-0.1, -0.05) is 103 Å². The van der Waals surface area contributed by atoms with E-state index in [1.165, 1.54) is 89.9 Å². The highest BCUT2D eigenvalue weighted by atomic mass is 16.4. The molecule has 0 aromatic carbocycles. The van der Waals surface area contributed by atoms with Gasteiger partial charge in [0.1, 0.15) is 6.54 Å². The molecule has 0 saturated heterocycles. The van der Waals surface area contributed by atoms with E-state index >= 15 is 0 Å². The molecule has 0 unspecified atom stereocenters. The highest BCUT2D eigenvalue weighted by Crippen LogP contribution is 2.15. The van der Waals surface area contributed by atoms with Crippen LogP contribution in [0.4, 0.5) is 0 Å². The lowest BCUT2D eigenvalue weighted by Crippen LogP contribution is -2.59. The van der Waals surface area contributed by atoms with Crippen molar-refractivity contribution in [1.29, 1.82) is 0 Å². The van der Waals surface area contributed by atoms with Gasteiger partial charge < -0.3 is 24.6 Å². The number of carbonyl (C=O) groups is 3. The molecule has 7 heteroatoms. The van der Waals surface area contributed by atoms with Gasteiger partial charge in [-0.25, -0.2) is 9.59 Å². The van der Waals surface area contributed by atoms with E-state index in [1.54, 1.807) is 0 Å². The summed E-state index contributed by atoms with van der Waals surface area (Å²) in [7, 11) is 0. The van der Waals surface area contributed by atoms with Crippen molar-refractivity contribution in [3.8, 4) is 0 Å². The van der Waals surface area contributed by atoms with E-state index in [4.69, 9.17) is 10.2 Å². The Labute approximate surface area is 213 Å². The quantitative estimate of drug-likeness (QED) is 0.0949. The van der Waals surface area contributed by atoms with Crippen LogP contribution in [0.25, 0.3) is 0 Å².